The van der Waals surface area contributed by atoms with E-state index in [4.69, 9.17) is 5.11 Å². The average Bonchev–Trinajstić information content (AvgIpc) is 3.25. The van der Waals surface area contributed by atoms with E-state index < -0.39 is 35.8 Å². The van der Waals surface area contributed by atoms with E-state index in [-0.39, 0.29) is 18.8 Å². The van der Waals surface area contributed by atoms with E-state index in [1.807, 2.05) is 54.6 Å². The number of hydrogen-bond acceptors (Lipinski definition) is 5. The van der Waals surface area contributed by atoms with Crippen LogP contribution in [-0.2, 0) is 20.8 Å². The van der Waals surface area contributed by atoms with Gasteiger partial charge in [0.2, 0.25) is 11.7 Å². The molecule has 3 rings (SSSR count). The Hall–Kier alpha value is -3.68. The van der Waals surface area contributed by atoms with Gasteiger partial charge in [0.25, 0.3) is 0 Å². The highest BCUT2D eigenvalue weighted by Crippen LogP contribution is 2.20. The Labute approximate surface area is 180 Å². The van der Waals surface area contributed by atoms with Crippen molar-refractivity contribution in [1.29, 1.82) is 0 Å². The molecule has 1 amide bonds. The predicted octanol–water partition coefficient (Wildman–Crippen LogP) is 1.95. The maximum absolute atomic E-state index is 12.6. The van der Waals surface area contributed by atoms with Crippen molar-refractivity contribution < 1.29 is 24.6 Å². The summed E-state index contributed by atoms with van der Waals surface area (Å²) in [5.41, 5.74) is 3.13. The van der Waals surface area contributed by atoms with Crippen molar-refractivity contribution in [1.82, 2.24) is 10.6 Å². The minimum absolute atomic E-state index is 0.0282. The zero-order chi connectivity index (χ0) is 22.4. The molecular weight excluding hydrogens is 398 g/mol. The number of carboxylic acids is 2. The number of carbonyl (C=O) groups is 3. The van der Waals surface area contributed by atoms with Gasteiger partial charge in [0.1, 0.15) is 6.04 Å². The minimum atomic E-state index is -1.22. The van der Waals surface area contributed by atoms with Crippen LogP contribution in [0.25, 0.3) is 11.1 Å². The first-order valence-corrected chi connectivity index (χ1v) is 10.1. The highest BCUT2D eigenvalue weighted by Gasteiger charge is 2.30. The Balaban J connectivity index is 1.68. The SMILES string of the molecule is C[C@H](C[C@@H](Cc1ccc(-c2ccccc2)cc1)NC(=O)C1CN=C(C(=O)O)N1)C(=O)O. The van der Waals surface area contributed by atoms with Gasteiger partial charge in [-0.15, -0.1) is 0 Å². The summed E-state index contributed by atoms with van der Waals surface area (Å²) in [6, 6.07) is 16.7. The first-order valence-electron chi connectivity index (χ1n) is 10.1. The Morgan fingerprint density at radius 2 is 1.71 bits per heavy atom. The molecule has 0 aliphatic carbocycles. The fourth-order valence-corrected chi connectivity index (χ4v) is 3.49. The molecule has 0 fully saturated rings. The second-order valence-corrected chi connectivity index (χ2v) is 7.64. The first kappa shape index (κ1) is 22.0. The Bertz CT molecular complexity index is 972. The molecular formula is C23H25N3O5. The molecule has 0 saturated heterocycles. The van der Waals surface area contributed by atoms with E-state index in [2.05, 4.69) is 15.6 Å². The summed E-state index contributed by atoms with van der Waals surface area (Å²) in [4.78, 5) is 38.8. The molecule has 2 aromatic rings. The Morgan fingerprint density at radius 3 is 2.29 bits per heavy atom. The minimum Gasteiger partial charge on any atom is -0.481 e. The van der Waals surface area contributed by atoms with Gasteiger partial charge in [-0.25, -0.2) is 4.79 Å². The molecule has 1 aliphatic heterocycles. The summed E-state index contributed by atoms with van der Waals surface area (Å²) < 4.78 is 0. The normalized spacial score (nSPS) is 17.2. The van der Waals surface area contributed by atoms with Crippen LogP contribution >= 0.6 is 0 Å². The van der Waals surface area contributed by atoms with Gasteiger partial charge >= 0.3 is 11.9 Å². The monoisotopic (exact) mass is 423 g/mol. The van der Waals surface area contributed by atoms with Gasteiger partial charge in [0.15, 0.2) is 0 Å². The molecule has 1 heterocycles. The van der Waals surface area contributed by atoms with Gasteiger partial charge in [0.05, 0.1) is 12.5 Å². The van der Waals surface area contributed by atoms with Crippen LogP contribution in [0.1, 0.15) is 18.9 Å². The van der Waals surface area contributed by atoms with Gasteiger partial charge in [0, 0.05) is 6.04 Å². The van der Waals surface area contributed by atoms with E-state index in [1.165, 1.54) is 0 Å². The van der Waals surface area contributed by atoms with Crippen molar-refractivity contribution in [2.24, 2.45) is 10.9 Å². The quantitative estimate of drug-likeness (QED) is 0.488. The molecule has 8 nitrogen and oxygen atoms in total. The first-order chi connectivity index (χ1) is 14.8. The smallest absolute Gasteiger partial charge is 0.371 e. The highest BCUT2D eigenvalue weighted by molar-refractivity contribution is 6.35. The van der Waals surface area contributed by atoms with Crippen LogP contribution < -0.4 is 10.6 Å². The third-order valence-electron chi connectivity index (χ3n) is 5.21. The maximum atomic E-state index is 12.6. The maximum Gasteiger partial charge on any atom is 0.371 e. The lowest BCUT2D eigenvalue weighted by Gasteiger charge is -2.23. The molecule has 0 bridgehead atoms. The van der Waals surface area contributed by atoms with Crippen molar-refractivity contribution >= 4 is 23.7 Å². The molecule has 0 spiro atoms. The number of aliphatic imine (C=N–C) groups is 1. The zero-order valence-corrected chi connectivity index (χ0v) is 17.1. The van der Waals surface area contributed by atoms with E-state index in [9.17, 15) is 19.5 Å². The molecule has 2 aromatic carbocycles. The second kappa shape index (κ2) is 9.88. The molecule has 3 atom stereocenters. The number of nitrogens with zero attached hydrogens (tertiary/aromatic N) is 1. The highest BCUT2D eigenvalue weighted by atomic mass is 16.4. The summed E-state index contributed by atoms with van der Waals surface area (Å²) in [6.07, 6.45) is 0.707. The van der Waals surface area contributed by atoms with Gasteiger partial charge in [-0.3, -0.25) is 14.6 Å². The summed E-state index contributed by atoms with van der Waals surface area (Å²) in [5.74, 6) is -3.44. The molecule has 1 aliphatic rings. The van der Waals surface area contributed by atoms with Gasteiger partial charge < -0.3 is 20.8 Å². The molecule has 31 heavy (non-hydrogen) atoms. The number of hydrogen-bond donors (Lipinski definition) is 4. The lowest BCUT2D eigenvalue weighted by atomic mass is 9.94. The summed E-state index contributed by atoms with van der Waals surface area (Å²) in [6.45, 7) is 1.62. The Kier molecular flexibility index (Phi) is 7.02. The molecule has 0 saturated carbocycles. The number of nitrogens with one attached hydrogen (secondary N) is 2. The number of benzene rings is 2. The standard InChI is InChI=1S/C23H25N3O5/c1-14(22(28)29)11-18(25-21(27)19-13-24-20(26-19)23(30)31)12-15-7-9-17(10-8-15)16-5-3-2-4-6-16/h2-10,14,18-19H,11-13H2,1H3,(H,24,26)(H,25,27)(H,28,29)(H,30,31)/t14-,18+,19?/m1/s1. The number of aliphatic carboxylic acids is 2. The van der Waals surface area contributed by atoms with Crippen LogP contribution in [0, 0.1) is 5.92 Å². The number of amidine groups is 1. The third-order valence-corrected chi connectivity index (χ3v) is 5.21. The van der Waals surface area contributed by atoms with Crippen molar-refractivity contribution in [2.75, 3.05) is 6.54 Å². The van der Waals surface area contributed by atoms with E-state index in [0.29, 0.717) is 6.42 Å². The largest absolute Gasteiger partial charge is 0.481 e. The number of rotatable bonds is 9. The topological polar surface area (TPSA) is 128 Å². The van der Waals surface area contributed by atoms with Crippen molar-refractivity contribution in [3.05, 3.63) is 60.2 Å². The van der Waals surface area contributed by atoms with Crippen LogP contribution in [0.2, 0.25) is 0 Å². The molecule has 8 heteroatoms. The van der Waals surface area contributed by atoms with Gasteiger partial charge in [-0.2, -0.15) is 0 Å². The molecule has 1 unspecified atom stereocenters. The predicted molar refractivity (Wildman–Crippen MR) is 116 cm³/mol. The fraction of sp³-hybridized carbons (Fsp3) is 0.304. The van der Waals surface area contributed by atoms with Crippen molar-refractivity contribution in [2.45, 2.75) is 31.8 Å². The van der Waals surface area contributed by atoms with Crippen LogP contribution in [0.5, 0.6) is 0 Å². The van der Waals surface area contributed by atoms with Crippen molar-refractivity contribution in [3.63, 3.8) is 0 Å². The summed E-state index contributed by atoms with van der Waals surface area (Å²) >= 11 is 0. The number of carboxylic acid groups (broad SMARTS) is 2. The third kappa shape index (κ3) is 5.91. The number of carbonyl (C=O) groups excluding carboxylic acids is 1. The zero-order valence-electron chi connectivity index (χ0n) is 17.1. The van der Waals surface area contributed by atoms with E-state index in [1.54, 1.807) is 6.92 Å². The van der Waals surface area contributed by atoms with Gasteiger partial charge in [-0.05, 0) is 29.5 Å². The van der Waals surface area contributed by atoms with Gasteiger partial charge in [-0.1, -0.05) is 61.5 Å². The van der Waals surface area contributed by atoms with Crippen LogP contribution in [0.4, 0.5) is 0 Å². The van der Waals surface area contributed by atoms with Crippen LogP contribution in [0.3, 0.4) is 0 Å². The fourth-order valence-electron chi connectivity index (χ4n) is 3.49. The average molecular weight is 423 g/mol. The van der Waals surface area contributed by atoms with Crippen LogP contribution in [0.15, 0.2) is 59.6 Å². The molecule has 0 radical (unpaired) electrons. The Morgan fingerprint density at radius 1 is 1.06 bits per heavy atom. The second-order valence-electron chi connectivity index (χ2n) is 7.64. The summed E-state index contributed by atoms with van der Waals surface area (Å²) in [5, 5.41) is 23.7. The van der Waals surface area contributed by atoms with Crippen LogP contribution in [-0.4, -0.2) is 52.5 Å². The summed E-state index contributed by atoms with van der Waals surface area (Å²) in [7, 11) is 0. The molecule has 0 aromatic heterocycles. The lowest BCUT2D eigenvalue weighted by molar-refractivity contribution is -0.142. The van der Waals surface area contributed by atoms with E-state index >= 15 is 0 Å². The lowest BCUT2D eigenvalue weighted by Crippen LogP contribution is -2.50. The van der Waals surface area contributed by atoms with Crippen molar-refractivity contribution in [3.8, 4) is 11.1 Å². The number of amides is 1. The molecule has 162 valence electrons. The molecule has 4 N–H and O–H groups in total. The van der Waals surface area contributed by atoms with E-state index in [0.717, 1.165) is 16.7 Å².